The standard InChI is InChI=1S/C23H25N3O3S/c1-19-10-8-11-20(18-19)25-23(27)26(21-12-4-2-5-13-21)17-9-16-24-30(28,29)22-14-6-3-7-15-22/h2-8,10-15,18,24H,9,16-17H2,1H3,(H,25,27). The second-order valence-corrected chi connectivity index (χ2v) is 8.62. The summed E-state index contributed by atoms with van der Waals surface area (Å²) >= 11 is 0. The van der Waals surface area contributed by atoms with Crippen LogP contribution in [0.25, 0.3) is 0 Å². The number of amides is 2. The molecular formula is C23H25N3O3S. The number of sulfonamides is 1. The van der Waals surface area contributed by atoms with Crippen molar-refractivity contribution < 1.29 is 13.2 Å². The average Bonchev–Trinajstić information content (AvgIpc) is 2.75. The van der Waals surface area contributed by atoms with Crippen LogP contribution in [0.15, 0.2) is 89.8 Å². The van der Waals surface area contributed by atoms with Crippen molar-refractivity contribution >= 4 is 27.4 Å². The molecule has 7 heteroatoms. The first kappa shape index (κ1) is 21.5. The Morgan fingerprint density at radius 1 is 0.900 bits per heavy atom. The van der Waals surface area contributed by atoms with Crippen molar-refractivity contribution in [3.8, 4) is 0 Å². The summed E-state index contributed by atoms with van der Waals surface area (Å²) in [7, 11) is -3.57. The summed E-state index contributed by atoms with van der Waals surface area (Å²) in [6.45, 7) is 2.54. The van der Waals surface area contributed by atoms with Crippen LogP contribution < -0.4 is 14.9 Å². The Labute approximate surface area is 177 Å². The topological polar surface area (TPSA) is 78.5 Å². The number of aryl methyl sites for hydroxylation is 1. The third kappa shape index (κ3) is 5.92. The minimum atomic E-state index is -3.57. The van der Waals surface area contributed by atoms with Gasteiger partial charge in [0.15, 0.2) is 0 Å². The van der Waals surface area contributed by atoms with E-state index < -0.39 is 10.0 Å². The van der Waals surface area contributed by atoms with E-state index in [2.05, 4.69) is 10.0 Å². The molecule has 0 aliphatic carbocycles. The first-order valence-electron chi connectivity index (χ1n) is 9.71. The van der Waals surface area contributed by atoms with Crippen molar-refractivity contribution in [3.63, 3.8) is 0 Å². The van der Waals surface area contributed by atoms with Gasteiger partial charge in [0.2, 0.25) is 10.0 Å². The minimum Gasteiger partial charge on any atom is -0.308 e. The summed E-state index contributed by atoms with van der Waals surface area (Å²) in [4.78, 5) is 14.7. The molecule has 0 atom stereocenters. The first-order chi connectivity index (χ1) is 14.5. The maximum Gasteiger partial charge on any atom is 0.326 e. The Bertz CT molecular complexity index is 1070. The van der Waals surface area contributed by atoms with Gasteiger partial charge >= 0.3 is 6.03 Å². The van der Waals surface area contributed by atoms with Gasteiger partial charge in [-0.1, -0.05) is 48.5 Å². The van der Waals surface area contributed by atoms with Gasteiger partial charge in [-0.25, -0.2) is 17.9 Å². The van der Waals surface area contributed by atoms with Crippen LogP contribution in [-0.2, 0) is 10.0 Å². The van der Waals surface area contributed by atoms with E-state index in [1.165, 1.54) is 0 Å². The van der Waals surface area contributed by atoms with E-state index in [1.807, 2.05) is 61.5 Å². The van der Waals surface area contributed by atoms with Crippen LogP contribution in [0.3, 0.4) is 0 Å². The molecule has 0 aromatic heterocycles. The molecule has 30 heavy (non-hydrogen) atoms. The molecule has 2 amide bonds. The van der Waals surface area contributed by atoms with Crippen LogP contribution in [0.5, 0.6) is 0 Å². The zero-order valence-electron chi connectivity index (χ0n) is 16.8. The number of urea groups is 1. The zero-order valence-corrected chi connectivity index (χ0v) is 17.6. The van der Waals surface area contributed by atoms with E-state index >= 15 is 0 Å². The highest BCUT2D eigenvalue weighted by molar-refractivity contribution is 7.89. The van der Waals surface area contributed by atoms with Crippen molar-refractivity contribution in [1.82, 2.24) is 4.72 Å². The smallest absolute Gasteiger partial charge is 0.308 e. The summed E-state index contributed by atoms with van der Waals surface area (Å²) in [5.41, 5.74) is 2.51. The molecular weight excluding hydrogens is 398 g/mol. The number of nitrogens with zero attached hydrogens (tertiary/aromatic N) is 1. The summed E-state index contributed by atoms with van der Waals surface area (Å²) < 4.78 is 27.3. The summed E-state index contributed by atoms with van der Waals surface area (Å²) in [5.74, 6) is 0. The highest BCUT2D eigenvalue weighted by Gasteiger charge is 2.17. The number of rotatable bonds is 8. The predicted octanol–water partition coefficient (Wildman–Crippen LogP) is 4.40. The normalized spacial score (nSPS) is 11.1. The van der Waals surface area contributed by atoms with Crippen LogP contribution in [0.2, 0.25) is 0 Å². The monoisotopic (exact) mass is 423 g/mol. The van der Waals surface area contributed by atoms with Crippen LogP contribution in [-0.4, -0.2) is 27.5 Å². The Balaban J connectivity index is 1.64. The first-order valence-corrected chi connectivity index (χ1v) is 11.2. The van der Waals surface area contributed by atoms with Gasteiger partial charge in [0.1, 0.15) is 0 Å². The van der Waals surface area contributed by atoms with Gasteiger partial charge in [-0.3, -0.25) is 4.90 Å². The Hall–Kier alpha value is -3.16. The van der Waals surface area contributed by atoms with Gasteiger partial charge < -0.3 is 5.32 Å². The van der Waals surface area contributed by atoms with Gasteiger partial charge in [0, 0.05) is 24.5 Å². The molecule has 3 rings (SSSR count). The summed E-state index contributed by atoms with van der Waals surface area (Å²) in [6.07, 6.45) is 0.461. The Kier molecular flexibility index (Phi) is 7.21. The number of hydrogen-bond donors (Lipinski definition) is 2. The highest BCUT2D eigenvalue weighted by Crippen LogP contribution is 2.17. The van der Waals surface area contributed by atoms with Crippen LogP contribution in [0, 0.1) is 6.92 Å². The maximum atomic E-state index is 12.9. The SMILES string of the molecule is Cc1cccc(NC(=O)N(CCCNS(=O)(=O)c2ccccc2)c2ccccc2)c1. The lowest BCUT2D eigenvalue weighted by Gasteiger charge is -2.23. The van der Waals surface area contributed by atoms with Crippen molar-refractivity contribution in [2.45, 2.75) is 18.2 Å². The largest absolute Gasteiger partial charge is 0.326 e. The maximum absolute atomic E-state index is 12.9. The number of carbonyl (C=O) groups excluding carboxylic acids is 1. The summed E-state index contributed by atoms with van der Waals surface area (Å²) in [5, 5.41) is 2.91. The van der Waals surface area contributed by atoms with Crippen molar-refractivity contribution in [2.75, 3.05) is 23.3 Å². The molecule has 0 bridgehead atoms. The zero-order chi connectivity index (χ0) is 21.4. The molecule has 0 fully saturated rings. The predicted molar refractivity (Wildman–Crippen MR) is 120 cm³/mol. The van der Waals surface area contributed by atoms with Crippen LogP contribution in [0.4, 0.5) is 16.2 Å². The Morgan fingerprint density at radius 2 is 1.57 bits per heavy atom. The van der Waals surface area contributed by atoms with Crippen LogP contribution in [0.1, 0.15) is 12.0 Å². The number of hydrogen-bond acceptors (Lipinski definition) is 3. The molecule has 3 aromatic rings. The Morgan fingerprint density at radius 3 is 2.23 bits per heavy atom. The second kappa shape index (κ2) is 10.0. The summed E-state index contributed by atoms with van der Waals surface area (Å²) in [6, 6.07) is 24.9. The number of anilines is 2. The van der Waals surface area contributed by atoms with Crippen molar-refractivity contribution in [2.24, 2.45) is 0 Å². The third-order valence-corrected chi connectivity index (χ3v) is 5.96. The van der Waals surface area contributed by atoms with Crippen molar-refractivity contribution in [1.29, 1.82) is 0 Å². The highest BCUT2D eigenvalue weighted by atomic mass is 32.2. The van der Waals surface area contributed by atoms with E-state index in [4.69, 9.17) is 0 Å². The van der Waals surface area contributed by atoms with E-state index in [0.717, 1.165) is 11.3 Å². The van der Waals surface area contributed by atoms with Gasteiger partial charge in [0.05, 0.1) is 4.90 Å². The number of carbonyl (C=O) groups is 1. The number of nitrogens with one attached hydrogen (secondary N) is 2. The fourth-order valence-corrected chi connectivity index (χ4v) is 4.09. The quantitative estimate of drug-likeness (QED) is 0.527. The molecule has 3 aromatic carbocycles. The third-order valence-electron chi connectivity index (χ3n) is 4.49. The molecule has 0 saturated carbocycles. The molecule has 156 valence electrons. The van der Waals surface area contributed by atoms with E-state index in [0.29, 0.717) is 18.7 Å². The number of benzene rings is 3. The molecule has 2 N–H and O–H groups in total. The number of para-hydroxylation sites is 1. The molecule has 0 spiro atoms. The van der Waals surface area contributed by atoms with Crippen molar-refractivity contribution in [3.05, 3.63) is 90.5 Å². The lowest BCUT2D eigenvalue weighted by Crippen LogP contribution is -2.37. The van der Waals surface area contributed by atoms with E-state index in [-0.39, 0.29) is 17.5 Å². The molecule has 0 radical (unpaired) electrons. The van der Waals surface area contributed by atoms with Crippen LogP contribution >= 0.6 is 0 Å². The van der Waals surface area contributed by atoms with Gasteiger partial charge in [-0.05, 0) is 55.3 Å². The molecule has 0 aliphatic rings. The minimum absolute atomic E-state index is 0.221. The molecule has 6 nitrogen and oxygen atoms in total. The molecule has 0 unspecified atom stereocenters. The van der Waals surface area contributed by atoms with E-state index in [1.54, 1.807) is 35.2 Å². The average molecular weight is 424 g/mol. The second-order valence-electron chi connectivity index (χ2n) is 6.85. The molecule has 0 heterocycles. The molecule has 0 saturated heterocycles. The van der Waals surface area contributed by atoms with E-state index in [9.17, 15) is 13.2 Å². The van der Waals surface area contributed by atoms with Gasteiger partial charge in [-0.15, -0.1) is 0 Å². The molecule has 0 aliphatic heterocycles. The fourth-order valence-electron chi connectivity index (χ4n) is 3.00. The lowest BCUT2D eigenvalue weighted by molar-refractivity contribution is 0.257. The van der Waals surface area contributed by atoms with Gasteiger partial charge in [0.25, 0.3) is 0 Å². The lowest BCUT2D eigenvalue weighted by atomic mass is 10.2. The fraction of sp³-hybridized carbons (Fsp3) is 0.174. The van der Waals surface area contributed by atoms with Gasteiger partial charge in [-0.2, -0.15) is 0 Å².